The van der Waals surface area contributed by atoms with Crippen LogP contribution in [0, 0.1) is 0 Å². The van der Waals surface area contributed by atoms with E-state index in [0.717, 1.165) is 21.6 Å². The molecule has 0 bridgehead atoms. The van der Waals surface area contributed by atoms with Crippen LogP contribution >= 0.6 is 34.4 Å². The first kappa shape index (κ1) is 45.1. The molecule has 13 heteroatoms. The number of halogens is 1. The van der Waals surface area contributed by atoms with E-state index in [9.17, 15) is 0 Å². The first-order valence-corrected chi connectivity index (χ1v) is 23.4. The number of hydrogen-bond donors (Lipinski definition) is 0. The Balaban J connectivity index is 1.09. The number of benzene rings is 4. The number of hydrogen-bond acceptors (Lipinski definition) is 12. The van der Waals surface area contributed by atoms with Gasteiger partial charge in [-0.25, -0.2) is 0 Å². The molecule has 0 saturated carbocycles. The van der Waals surface area contributed by atoms with E-state index in [-0.39, 0.29) is 13.2 Å². The maximum absolute atomic E-state index is 7.28. The van der Waals surface area contributed by atoms with Crippen molar-refractivity contribution < 1.29 is 52.1 Å². The number of rotatable bonds is 18. The van der Waals surface area contributed by atoms with Crippen LogP contribution in [0.5, 0.6) is 0 Å². The van der Waals surface area contributed by atoms with Crippen molar-refractivity contribution in [3.05, 3.63) is 138 Å². The Hall–Kier alpha value is -2.48. The fourth-order valence-electron chi connectivity index (χ4n) is 8.14. The largest absolute Gasteiger partial charge is 0.374 e. The molecule has 4 aliphatic rings. The minimum Gasteiger partial charge on any atom is -0.374 e. The standard InChI is InChI=1S/C48H57IO11S/c1-46(2)56-39-37(54-44-42(41(39)57-46)58-47(3,4)60-44)30-53-48(5,31-49)59-43-40(52-28-34-22-14-8-15-23-34)38(51-27-33-20-12-7-13-21-33)36(29-50-26-32-18-10-6-11-19-32)55-45(43)61-35-24-16-9-17-25-35/h6-25,36-45H,26-31H2,1-5H3/t36-,37-,38-,39+,40+,41+,42-,43+,44-,45+,48?/m1/s1. The smallest absolute Gasteiger partial charge is 0.190 e. The van der Waals surface area contributed by atoms with Gasteiger partial charge in [-0.2, -0.15) is 0 Å². The van der Waals surface area contributed by atoms with Crippen molar-refractivity contribution in [1.82, 2.24) is 0 Å². The summed E-state index contributed by atoms with van der Waals surface area (Å²) in [4.78, 5) is 1.02. The van der Waals surface area contributed by atoms with Gasteiger partial charge in [-0.05, 0) is 63.4 Å². The summed E-state index contributed by atoms with van der Waals surface area (Å²) in [5.41, 5.74) is 2.57. The second kappa shape index (κ2) is 20.1. The predicted molar refractivity (Wildman–Crippen MR) is 238 cm³/mol. The Morgan fingerprint density at radius 2 is 1.10 bits per heavy atom. The monoisotopic (exact) mass is 968 g/mol. The topological polar surface area (TPSA) is 102 Å². The van der Waals surface area contributed by atoms with Gasteiger partial charge in [0.1, 0.15) is 54.3 Å². The van der Waals surface area contributed by atoms with Gasteiger partial charge in [0.2, 0.25) is 0 Å². The maximum Gasteiger partial charge on any atom is 0.190 e. The van der Waals surface area contributed by atoms with E-state index in [1.54, 1.807) is 11.8 Å². The number of ether oxygens (including phenoxy) is 11. The van der Waals surface area contributed by atoms with Gasteiger partial charge in [-0.15, -0.1) is 0 Å². The SMILES string of the molecule is CC1(C)O[C@H]2[C@@H](O1)[C@@H](COC(C)(CI)O[C@H]1[C@@H](OCc3ccccc3)[C@H](OCc3ccccc3)[C@@H](COCc3ccccc3)O[C@H]1Sc1ccccc1)O[C@@H]1OC(C)(C)O[C@@H]12. The summed E-state index contributed by atoms with van der Waals surface area (Å²) in [5.74, 6) is -2.82. The molecular weight excluding hydrogens is 911 g/mol. The highest BCUT2D eigenvalue weighted by Crippen LogP contribution is 2.45. The Morgan fingerprint density at radius 3 is 1.70 bits per heavy atom. The molecule has 11 nitrogen and oxygen atoms in total. The van der Waals surface area contributed by atoms with Gasteiger partial charge in [-0.1, -0.05) is 144 Å². The number of thioether (sulfide) groups is 1. The highest BCUT2D eigenvalue weighted by molar-refractivity contribution is 14.1. The van der Waals surface area contributed by atoms with Crippen LogP contribution in [0.15, 0.2) is 126 Å². The molecule has 8 rings (SSSR count). The highest BCUT2D eigenvalue weighted by atomic mass is 127. The molecule has 0 spiro atoms. The second-order valence-corrected chi connectivity index (χ2v) is 18.8. The molecule has 0 N–H and O–H groups in total. The van der Waals surface area contributed by atoms with Crippen LogP contribution in [-0.4, -0.2) is 95.6 Å². The van der Waals surface area contributed by atoms with Gasteiger partial charge in [0.15, 0.2) is 23.7 Å². The predicted octanol–water partition coefficient (Wildman–Crippen LogP) is 8.84. The summed E-state index contributed by atoms with van der Waals surface area (Å²) in [5, 5.41) is 0. The fraction of sp³-hybridized carbons (Fsp3) is 0.500. The molecule has 11 atom stereocenters. The van der Waals surface area contributed by atoms with Crippen molar-refractivity contribution in [3.8, 4) is 0 Å². The average Bonchev–Trinajstić information content (AvgIpc) is 3.77. The Labute approximate surface area is 377 Å². The van der Waals surface area contributed by atoms with E-state index in [0.29, 0.717) is 24.2 Å². The van der Waals surface area contributed by atoms with Gasteiger partial charge in [-0.3, -0.25) is 0 Å². The van der Waals surface area contributed by atoms with E-state index in [2.05, 4.69) is 71.1 Å². The first-order chi connectivity index (χ1) is 29.5. The van der Waals surface area contributed by atoms with Crippen LogP contribution in [0.25, 0.3) is 0 Å². The molecule has 0 amide bonds. The fourth-order valence-corrected chi connectivity index (χ4v) is 9.66. The van der Waals surface area contributed by atoms with E-state index in [4.69, 9.17) is 52.1 Å². The third-order valence-electron chi connectivity index (χ3n) is 11.0. The van der Waals surface area contributed by atoms with Gasteiger partial charge >= 0.3 is 0 Å². The van der Waals surface area contributed by atoms with Gasteiger partial charge in [0.05, 0.1) is 37.5 Å². The zero-order valence-corrected chi connectivity index (χ0v) is 38.3. The normalized spacial score (nSPS) is 31.2. The van der Waals surface area contributed by atoms with Crippen LogP contribution < -0.4 is 0 Å². The van der Waals surface area contributed by atoms with Crippen LogP contribution in [0.3, 0.4) is 0 Å². The third kappa shape index (κ3) is 11.6. The molecule has 4 heterocycles. The molecule has 328 valence electrons. The summed E-state index contributed by atoms with van der Waals surface area (Å²) in [7, 11) is 0. The molecule has 0 aliphatic carbocycles. The number of alkyl halides is 1. The van der Waals surface area contributed by atoms with Crippen molar-refractivity contribution in [2.24, 2.45) is 0 Å². The highest BCUT2D eigenvalue weighted by Gasteiger charge is 2.61. The maximum atomic E-state index is 7.28. The van der Waals surface area contributed by atoms with E-state index in [1.165, 1.54) is 0 Å². The molecule has 61 heavy (non-hydrogen) atoms. The molecule has 4 saturated heterocycles. The van der Waals surface area contributed by atoms with Crippen molar-refractivity contribution in [1.29, 1.82) is 0 Å². The van der Waals surface area contributed by atoms with Crippen LogP contribution in [0.2, 0.25) is 0 Å². The molecule has 4 aromatic rings. The summed E-state index contributed by atoms with van der Waals surface area (Å²) in [6.45, 7) is 11.0. The van der Waals surface area contributed by atoms with Crippen LogP contribution in [0.4, 0.5) is 0 Å². The van der Waals surface area contributed by atoms with Crippen molar-refractivity contribution in [3.63, 3.8) is 0 Å². The third-order valence-corrected chi connectivity index (χ3v) is 13.5. The van der Waals surface area contributed by atoms with Crippen molar-refractivity contribution in [2.75, 3.05) is 17.6 Å². The summed E-state index contributed by atoms with van der Waals surface area (Å²) in [6.07, 6.45) is -4.90. The lowest BCUT2D eigenvalue weighted by molar-refractivity contribution is -0.320. The lowest BCUT2D eigenvalue weighted by Gasteiger charge is -2.48. The summed E-state index contributed by atoms with van der Waals surface area (Å²) < 4.78 is 73.9. The zero-order chi connectivity index (χ0) is 42.5. The minimum absolute atomic E-state index is 0.136. The van der Waals surface area contributed by atoms with Gasteiger partial charge in [0, 0.05) is 4.90 Å². The Kier molecular flexibility index (Phi) is 14.9. The summed E-state index contributed by atoms with van der Waals surface area (Å²) >= 11 is 3.90. The van der Waals surface area contributed by atoms with Crippen LogP contribution in [0.1, 0.15) is 51.3 Å². The number of fused-ring (bicyclic) bond motifs is 3. The van der Waals surface area contributed by atoms with Crippen molar-refractivity contribution in [2.45, 2.75) is 137 Å². The van der Waals surface area contributed by atoms with Gasteiger partial charge < -0.3 is 52.1 Å². The molecule has 4 fully saturated rings. The van der Waals surface area contributed by atoms with E-state index < -0.39 is 77.9 Å². The first-order valence-electron chi connectivity index (χ1n) is 21.0. The zero-order valence-electron chi connectivity index (χ0n) is 35.3. The molecular formula is C48H57IO11S. The van der Waals surface area contributed by atoms with E-state index >= 15 is 0 Å². The summed E-state index contributed by atoms with van der Waals surface area (Å²) in [6, 6.07) is 40.6. The lowest BCUT2D eigenvalue weighted by Crippen LogP contribution is -2.62. The van der Waals surface area contributed by atoms with Crippen LogP contribution in [-0.2, 0) is 71.9 Å². The molecule has 0 radical (unpaired) electrons. The van der Waals surface area contributed by atoms with Crippen molar-refractivity contribution >= 4 is 34.4 Å². The average molecular weight is 969 g/mol. The lowest BCUT2D eigenvalue weighted by atomic mass is 9.98. The van der Waals surface area contributed by atoms with E-state index in [1.807, 2.05) is 107 Å². The molecule has 4 aliphatic heterocycles. The minimum atomic E-state index is -1.14. The molecule has 1 unspecified atom stereocenters. The Bertz CT molecular complexity index is 1950. The molecule has 0 aromatic heterocycles. The molecule has 4 aromatic carbocycles. The van der Waals surface area contributed by atoms with Gasteiger partial charge in [0.25, 0.3) is 0 Å². The quantitative estimate of drug-likeness (QED) is 0.0541. The second-order valence-electron chi connectivity index (χ2n) is 16.9. The Morgan fingerprint density at radius 1 is 0.574 bits per heavy atom.